The summed E-state index contributed by atoms with van der Waals surface area (Å²) in [5, 5.41) is 2.62. The molecular weight excluding hydrogens is 311 g/mol. The van der Waals surface area contributed by atoms with Crippen molar-refractivity contribution in [2.75, 3.05) is 0 Å². The van der Waals surface area contributed by atoms with Gasteiger partial charge in [0.1, 0.15) is 5.82 Å². The molecule has 0 aliphatic heterocycles. The SMILES string of the molecule is O=C(NCc1ccc2[nH]c(=O)oc2c1)c1c(F)cccc1Cl. The van der Waals surface area contributed by atoms with Gasteiger partial charge in [-0.3, -0.25) is 9.78 Å². The minimum absolute atomic E-state index is 0.0459. The number of H-pyrrole nitrogens is 1. The summed E-state index contributed by atoms with van der Waals surface area (Å²) in [6, 6.07) is 9.04. The first-order chi connectivity index (χ1) is 10.5. The van der Waals surface area contributed by atoms with Crippen LogP contribution in [-0.4, -0.2) is 10.9 Å². The summed E-state index contributed by atoms with van der Waals surface area (Å²) in [5.74, 6) is -1.84. The van der Waals surface area contributed by atoms with Gasteiger partial charge in [-0.15, -0.1) is 0 Å². The van der Waals surface area contributed by atoms with Crippen LogP contribution in [0.15, 0.2) is 45.6 Å². The summed E-state index contributed by atoms with van der Waals surface area (Å²) < 4.78 is 18.6. The molecule has 0 unspecified atom stereocenters. The third-order valence-corrected chi connectivity index (χ3v) is 3.44. The van der Waals surface area contributed by atoms with Crippen LogP contribution >= 0.6 is 11.6 Å². The number of halogens is 2. The third-order valence-electron chi connectivity index (χ3n) is 3.13. The molecular formula is C15H10ClFN2O3. The molecule has 0 radical (unpaired) electrons. The second-order valence-corrected chi connectivity index (χ2v) is 5.03. The Kier molecular flexibility index (Phi) is 3.68. The van der Waals surface area contributed by atoms with Gasteiger partial charge in [0.15, 0.2) is 5.58 Å². The standard InChI is InChI=1S/C15H10ClFN2O3/c16-9-2-1-3-10(17)13(9)14(20)18-7-8-4-5-11-12(6-8)22-15(21)19-11/h1-6H,7H2,(H,18,20)(H,19,21). The van der Waals surface area contributed by atoms with Gasteiger partial charge < -0.3 is 9.73 Å². The van der Waals surface area contributed by atoms with Crippen molar-refractivity contribution >= 4 is 28.6 Å². The van der Waals surface area contributed by atoms with Crippen molar-refractivity contribution < 1.29 is 13.6 Å². The predicted molar refractivity (Wildman–Crippen MR) is 79.4 cm³/mol. The van der Waals surface area contributed by atoms with E-state index in [1.54, 1.807) is 18.2 Å². The quantitative estimate of drug-likeness (QED) is 0.779. The van der Waals surface area contributed by atoms with Gasteiger partial charge in [-0.1, -0.05) is 23.7 Å². The lowest BCUT2D eigenvalue weighted by Gasteiger charge is -2.07. The Labute approximate surface area is 128 Å². The smallest absolute Gasteiger partial charge is 0.408 e. The molecule has 0 aliphatic rings. The highest BCUT2D eigenvalue weighted by Gasteiger charge is 2.15. The zero-order valence-electron chi connectivity index (χ0n) is 11.2. The van der Waals surface area contributed by atoms with Crippen LogP contribution in [0.5, 0.6) is 0 Å². The Bertz CT molecular complexity index is 896. The van der Waals surface area contributed by atoms with E-state index in [4.69, 9.17) is 16.0 Å². The van der Waals surface area contributed by atoms with Crippen molar-refractivity contribution in [3.05, 3.63) is 68.9 Å². The van der Waals surface area contributed by atoms with Crippen molar-refractivity contribution in [3.63, 3.8) is 0 Å². The van der Waals surface area contributed by atoms with Crippen LogP contribution < -0.4 is 11.1 Å². The fraction of sp³-hybridized carbons (Fsp3) is 0.0667. The van der Waals surface area contributed by atoms with Crippen molar-refractivity contribution in [1.29, 1.82) is 0 Å². The maximum atomic E-state index is 13.6. The molecule has 1 amide bonds. The van der Waals surface area contributed by atoms with Crippen LogP contribution in [0.2, 0.25) is 5.02 Å². The first kappa shape index (κ1) is 14.3. The number of nitrogens with one attached hydrogen (secondary N) is 2. The predicted octanol–water partition coefficient (Wildman–Crippen LogP) is 2.84. The molecule has 0 saturated carbocycles. The minimum atomic E-state index is -0.683. The molecule has 3 aromatic rings. The number of oxazole rings is 1. The number of amides is 1. The van der Waals surface area contributed by atoms with Crippen molar-refractivity contribution in [2.24, 2.45) is 0 Å². The minimum Gasteiger partial charge on any atom is -0.408 e. The summed E-state index contributed by atoms with van der Waals surface area (Å²) in [6.07, 6.45) is 0. The van der Waals surface area contributed by atoms with E-state index in [1.807, 2.05) is 0 Å². The number of aromatic nitrogens is 1. The normalized spacial score (nSPS) is 10.8. The zero-order chi connectivity index (χ0) is 15.7. The molecule has 3 rings (SSSR count). The van der Waals surface area contributed by atoms with E-state index in [0.717, 1.165) is 0 Å². The van der Waals surface area contributed by atoms with E-state index in [9.17, 15) is 14.0 Å². The van der Waals surface area contributed by atoms with Gasteiger partial charge in [0, 0.05) is 6.54 Å². The van der Waals surface area contributed by atoms with Gasteiger partial charge in [-0.2, -0.15) is 0 Å². The Hall–Kier alpha value is -2.60. The molecule has 0 spiro atoms. The first-order valence-electron chi connectivity index (χ1n) is 6.38. The Morgan fingerprint density at radius 2 is 2.14 bits per heavy atom. The Morgan fingerprint density at radius 1 is 1.32 bits per heavy atom. The van der Waals surface area contributed by atoms with E-state index in [0.29, 0.717) is 16.7 Å². The number of carbonyl (C=O) groups excluding carboxylic acids is 1. The van der Waals surface area contributed by atoms with Crippen LogP contribution in [0.25, 0.3) is 11.1 Å². The van der Waals surface area contributed by atoms with Crippen molar-refractivity contribution in [1.82, 2.24) is 10.3 Å². The summed E-state index contributed by atoms with van der Waals surface area (Å²) in [7, 11) is 0. The fourth-order valence-corrected chi connectivity index (χ4v) is 2.33. The number of carbonyl (C=O) groups is 1. The monoisotopic (exact) mass is 320 g/mol. The highest BCUT2D eigenvalue weighted by molar-refractivity contribution is 6.33. The third kappa shape index (κ3) is 2.73. The molecule has 0 aliphatic carbocycles. The topological polar surface area (TPSA) is 75.1 Å². The maximum Gasteiger partial charge on any atom is 0.417 e. The maximum absolute atomic E-state index is 13.6. The average Bonchev–Trinajstić information content (AvgIpc) is 2.84. The second kappa shape index (κ2) is 5.65. The number of fused-ring (bicyclic) bond motifs is 1. The van der Waals surface area contributed by atoms with Gasteiger partial charge >= 0.3 is 5.76 Å². The largest absolute Gasteiger partial charge is 0.417 e. The molecule has 2 aromatic carbocycles. The zero-order valence-corrected chi connectivity index (χ0v) is 11.9. The molecule has 22 heavy (non-hydrogen) atoms. The number of rotatable bonds is 3. The molecule has 0 fully saturated rings. The van der Waals surface area contributed by atoms with Crippen molar-refractivity contribution in [3.8, 4) is 0 Å². The van der Waals surface area contributed by atoms with E-state index in [1.165, 1.54) is 18.2 Å². The number of benzene rings is 2. The van der Waals surface area contributed by atoms with Gasteiger partial charge in [0.2, 0.25) is 0 Å². The highest BCUT2D eigenvalue weighted by atomic mass is 35.5. The summed E-state index contributed by atoms with van der Waals surface area (Å²) in [5.41, 5.74) is 1.47. The van der Waals surface area contributed by atoms with E-state index < -0.39 is 17.5 Å². The highest BCUT2D eigenvalue weighted by Crippen LogP contribution is 2.19. The van der Waals surface area contributed by atoms with Crippen LogP contribution in [-0.2, 0) is 6.54 Å². The fourth-order valence-electron chi connectivity index (χ4n) is 2.09. The lowest BCUT2D eigenvalue weighted by atomic mass is 10.1. The van der Waals surface area contributed by atoms with Crippen LogP contribution in [0.1, 0.15) is 15.9 Å². The molecule has 0 bridgehead atoms. The Morgan fingerprint density at radius 3 is 2.91 bits per heavy atom. The molecule has 1 aromatic heterocycles. The molecule has 1 heterocycles. The number of hydrogen-bond donors (Lipinski definition) is 2. The van der Waals surface area contributed by atoms with Crippen LogP contribution in [0.3, 0.4) is 0 Å². The molecule has 0 saturated heterocycles. The van der Waals surface area contributed by atoms with E-state index >= 15 is 0 Å². The Balaban J connectivity index is 1.78. The molecule has 5 nitrogen and oxygen atoms in total. The first-order valence-corrected chi connectivity index (χ1v) is 6.76. The van der Waals surface area contributed by atoms with Gasteiger partial charge in [-0.25, -0.2) is 9.18 Å². The average molecular weight is 321 g/mol. The van der Waals surface area contributed by atoms with Gasteiger partial charge in [0.25, 0.3) is 5.91 Å². The van der Waals surface area contributed by atoms with Gasteiger partial charge in [0.05, 0.1) is 16.1 Å². The van der Waals surface area contributed by atoms with E-state index in [2.05, 4.69) is 10.3 Å². The lowest BCUT2D eigenvalue weighted by Crippen LogP contribution is -2.24. The summed E-state index contributed by atoms with van der Waals surface area (Å²) in [6.45, 7) is 0.147. The molecule has 7 heteroatoms. The second-order valence-electron chi connectivity index (χ2n) is 4.62. The molecule has 0 atom stereocenters. The van der Waals surface area contributed by atoms with Crippen LogP contribution in [0.4, 0.5) is 4.39 Å². The number of aromatic amines is 1. The summed E-state index contributed by atoms with van der Waals surface area (Å²) in [4.78, 5) is 25.6. The number of hydrogen-bond acceptors (Lipinski definition) is 3. The molecule has 112 valence electrons. The summed E-state index contributed by atoms with van der Waals surface area (Å²) >= 11 is 5.83. The van der Waals surface area contributed by atoms with Gasteiger partial charge in [-0.05, 0) is 29.8 Å². The van der Waals surface area contributed by atoms with E-state index in [-0.39, 0.29) is 17.1 Å². The van der Waals surface area contributed by atoms with Crippen LogP contribution in [0, 0.1) is 5.82 Å². The molecule has 2 N–H and O–H groups in total. The van der Waals surface area contributed by atoms with Crippen molar-refractivity contribution in [2.45, 2.75) is 6.54 Å². The lowest BCUT2D eigenvalue weighted by molar-refractivity contribution is 0.0947.